The molecule has 2 aromatic rings. The molecule has 0 radical (unpaired) electrons. The molecule has 154 valence electrons. The summed E-state index contributed by atoms with van der Waals surface area (Å²) in [6.45, 7) is 0.730. The summed E-state index contributed by atoms with van der Waals surface area (Å²) >= 11 is 0. The zero-order chi connectivity index (χ0) is 20.7. The van der Waals surface area contributed by atoms with Crippen molar-refractivity contribution in [1.82, 2.24) is 4.31 Å². The largest absolute Gasteiger partial charge is 0.465 e. The highest BCUT2D eigenvalue weighted by Gasteiger charge is 2.26. The Hall–Kier alpha value is -2.95. The normalized spacial score (nSPS) is 15.3. The van der Waals surface area contributed by atoms with E-state index in [1.165, 1.54) is 34.8 Å². The number of nitrogens with zero attached hydrogens (tertiary/aromatic N) is 1. The molecule has 1 aliphatic rings. The van der Waals surface area contributed by atoms with Crippen LogP contribution in [0.2, 0.25) is 0 Å². The smallest absolute Gasteiger partial charge is 0.331 e. The highest BCUT2D eigenvalue weighted by atomic mass is 32.2. The molecule has 0 atom stereocenters. The first-order valence-corrected chi connectivity index (χ1v) is 10.3. The molecule has 3 rings (SSSR count). The highest BCUT2D eigenvalue weighted by Crippen LogP contribution is 2.20. The van der Waals surface area contributed by atoms with Crippen LogP contribution < -0.4 is 5.32 Å². The molecule has 29 heavy (non-hydrogen) atoms. The lowest BCUT2D eigenvalue weighted by Crippen LogP contribution is -2.40. The molecule has 2 heterocycles. The number of benzene rings is 1. The van der Waals surface area contributed by atoms with Gasteiger partial charge in [0.2, 0.25) is 10.0 Å². The Morgan fingerprint density at radius 3 is 2.69 bits per heavy atom. The zero-order valence-corrected chi connectivity index (χ0v) is 16.3. The molecule has 0 saturated carbocycles. The molecule has 10 heteroatoms. The summed E-state index contributed by atoms with van der Waals surface area (Å²) in [7, 11) is -3.68. The Kier molecular flexibility index (Phi) is 6.81. The number of morpholine rings is 1. The maximum Gasteiger partial charge on any atom is 0.331 e. The van der Waals surface area contributed by atoms with E-state index in [1.807, 2.05) is 0 Å². The van der Waals surface area contributed by atoms with E-state index in [4.69, 9.17) is 13.9 Å². The Labute approximate surface area is 167 Å². The lowest BCUT2D eigenvalue weighted by molar-refractivity contribution is -0.142. The molecule has 1 aliphatic heterocycles. The second-order valence-electron chi connectivity index (χ2n) is 6.05. The van der Waals surface area contributed by atoms with Gasteiger partial charge in [0, 0.05) is 24.9 Å². The van der Waals surface area contributed by atoms with E-state index in [1.54, 1.807) is 18.2 Å². The van der Waals surface area contributed by atoms with Crippen LogP contribution in [0.5, 0.6) is 0 Å². The summed E-state index contributed by atoms with van der Waals surface area (Å²) in [4.78, 5) is 23.7. The fourth-order valence-electron chi connectivity index (χ4n) is 2.59. The average Bonchev–Trinajstić information content (AvgIpc) is 3.25. The first-order valence-electron chi connectivity index (χ1n) is 8.81. The van der Waals surface area contributed by atoms with Gasteiger partial charge in [-0.3, -0.25) is 4.79 Å². The van der Waals surface area contributed by atoms with Crippen molar-refractivity contribution in [2.75, 3.05) is 38.2 Å². The Morgan fingerprint density at radius 1 is 1.17 bits per heavy atom. The number of anilines is 1. The molecule has 1 aromatic carbocycles. The van der Waals surface area contributed by atoms with Gasteiger partial charge < -0.3 is 19.2 Å². The molecule has 1 aromatic heterocycles. The summed E-state index contributed by atoms with van der Waals surface area (Å²) in [5, 5.41) is 2.52. The molecular formula is C19H20N2O7S. The minimum Gasteiger partial charge on any atom is -0.465 e. The second-order valence-corrected chi connectivity index (χ2v) is 7.99. The van der Waals surface area contributed by atoms with Gasteiger partial charge in [0.25, 0.3) is 5.91 Å². The molecule has 0 unspecified atom stereocenters. The average molecular weight is 420 g/mol. The van der Waals surface area contributed by atoms with Crippen LogP contribution in [0.3, 0.4) is 0 Å². The standard InChI is InChI=1S/C19H20N2O7S/c22-18(14-28-19(23)7-6-16-4-2-10-27-16)20-15-3-1-5-17(13-15)29(24,25)21-8-11-26-12-9-21/h1-7,10,13H,8-9,11-12,14H2,(H,20,22)/b7-6+. The van der Waals surface area contributed by atoms with Crippen molar-refractivity contribution >= 4 is 33.7 Å². The van der Waals surface area contributed by atoms with Gasteiger partial charge in [-0.1, -0.05) is 6.07 Å². The van der Waals surface area contributed by atoms with Crippen LogP contribution in [-0.4, -0.2) is 57.5 Å². The summed E-state index contributed by atoms with van der Waals surface area (Å²) in [5.41, 5.74) is 0.284. The van der Waals surface area contributed by atoms with Gasteiger partial charge in [0.1, 0.15) is 5.76 Å². The minimum absolute atomic E-state index is 0.0653. The van der Waals surface area contributed by atoms with Crippen molar-refractivity contribution in [2.24, 2.45) is 0 Å². The van der Waals surface area contributed by atoms with Gasteiger partial charge in [-0.2, -0.15) is 4.31 Å². The Balaban J connectivity index is 1.55. The van der Waals surface area contributed by atoms with Crippen LogP contribution >= 0.6 is 0 Å². The van der Waals surface area contributed by atoms with Crippen molar-refractivity contribution in [3.8, 4) is 0 Å². The lowest BCUT2D eigenvalue weighted by atomic mass is 10.3. The van der Waals surface area contributed by atoms with Crippen LogP contribution in [0.15, 0.2) is 58.1 Å². The van der Waals surface area contributed by atoms with E-state index in [-0.39, 0.29) is 23.7 Å². The van der Waals surface area contributed by atoms with Crippen molar-refractivity contribution in [1.29, 1.82) is 0 Å². The van der Waals surface area contributed by atoms with Crippen molar-refractivity contribution in [3.63, 3.8) is 0 Å². The summed E-state index contributed by atoms with van der Waals surface area (Å²) in [6, 6.07) is 9.23. The number of rotatable bonds is 7. The summed E-state index contributed by atoms with van der Waals surface area (Å²) in [6.07, 6.45) is 4.02. The van der Waals surface area contributed by atoms with Crippen LogP contribution in [0.25, 0.3) is 6.08 Å². The van der Waals surface area contributed by atoms with E-state index in [0.717, 1.165) is 6.08 Å². The number of amides is 1. The van der Waals surface area contributed by atoms with Crippen molar-refractivity contribution in [2.45, 2.75) is 4.90 Å². The number of carbonyl (C=O) groups is 2. The van der Waals surface area contributed by atoms with E-state index >= 15 is 0 Å². The molecule has 1 N–H and O–H groups in total. The topological polar surface area (TPSA) is 115 Å². The number of carbonyl (C=O) groups excluding carboxylic acids is 2. The molecule has 1 amide bonds. The number of nitrogens with one attached hydrogen (secondary N) is 1. The third-order valence-electron chi connectivity index (χ3n) is 4.00. The first-order chi connectivity index (χ1) is 13.9. The van der Waals surface area contributed by atoms with Gasteiger partial charge in [-0.15, -0.1) is 0 Å². The minimum atomic E-state index is -3.68. The second kappa shape index (κ2) is 9.50. The fraction of sp³-hybridized carbons (Fsp3) is 0.263. The maximum absolute atomic E-state index is 12.7. The molecular weight excluding hydrogens is 400 g/mol. The van der Waals surface area contributed by atoms with Gasteiger partial charge in [0.15, 0.2) is 6.61 Å². The predicted octanol–water partition coefficient (Wildman–Crippen LogP) is 1.50. The monoisotopic (exact) mass is 420 g/mol. The van der Waals surface area contributed by atoms with Crippen molar-refractivity contribution in [3.05, 3.63) is 54.5 Å². The van der Waals surface area contributed by atoms with Crippen LogP contribution in [0.4, 0.5) is 5.69 Å². The number of esters is 1. The van der Waals surface area contributed by atoms with Crippen LogP contribution in [0.1, 0.15) is 5.76 Å². The van der Waals surface area contributed by atoms with Gasteiger partial charge in [0.05, 0.1) is 24.4 Å². The van der Waals surface area contributed by atoms with E-state index in [9.17, 15) is 18.0 Å². The summed E-state index contributed by atoms with van der Waals surface area (Å²) < 4.78 is 41.8. The first kappa shape index (κ1) is 20.8. The number of furan rings is 1. The van der Waals surface area contributed by atoms with Gasteiger partial charge in [-0.25, -0.2) is 13.2 Å². The van der Waals surface area contributed by atoms with E-state index < -0.39 is 28.5 Å². The third-order valence-corrected chi connectivity index (χ3v) is 5.89. The predicted molar refractivity (Wildman–Crippen MR) is 103 cm³/mol. The lowest BCUT2D eigenvalue weighted by Gasteiger charge is -2.26. The summed E-state index contributed by atoms with van der Waals surface area (Å²) in [5.74, 6) is -0.824. The molecule has 9 nitrogen and oxygen atoms in total. The zero-order valence-electron chi connectivity index (χ0n) is 15.4. The van der Waals surface area contributed by atoms with E-state index in [2.05, 4.69) is 5.32 Å². The quantitative estimate of drug-likeness (QED) is 0.533. The fourth-order valence-corrected chi connectivity index (χ4v) is 4.04. The van der Waals surface area contributed by atoms with Crippen molar-refractivity contribution < 1.29 is 31.9 Å². The Morgan fingerprint density at radius 2 is 1.97 bits per heavy atom. The van der Waals surface area contributed by atoms with Gasteiger partial charge in [-0.05, 0) is 36.4 Å². The third kappa shape index (κ3) is 5.76. The van der Waals surface area contributed by atoms with E-state index in [0.29, 0.717) is 19.0 Å². The number of ether oxygens (including phenoxy) is 2. The number of hydrogen-bond donors (Lipinski definition) is 1. The molecule has 1 fully saturated rings. The number of hydrogen-bond acceptors (Lipinski definition) is 7. The van der Waals surface area contributed by atoms with Crippen LogP contribution in [-0.2, 0) is 29.1 Å². The molecule has 0 aliphatic carbocycles. The molecule has 1 saturated heterocycles. The molecule has 0 spiro atoms. The van der Waals surface area contributed by atoms with Gasteiger partial charge >= 0.3 is 5.97 Å². The Bertz CT molecular complexity index is 978. The SMILES string of the molecule is O=C(COC(=O)/C=C/c1ccco1)Nc1cccc(S(=O)(=O)N2CCOCC2)c1. The maximum atomic E-state index is 12.7. The highest BCUT2D eigenvalue weighted by molar-refractivity contribution is 7.89. The molecule has 0 bridgehead atoms. The van der Waals surface area contributed by atoms with Crippen LogP contribution in [0, 0.1) is 0 Å². The number of sulfonamides is 1.